The van der Waals surface area contributed by atoms with E-state index in [4.69, 9.17) is 31.5 Å². The summed E-state index contributed by atoms with van der Waals surface area (Å²) in [4.78, 5) is 36.8. The summed E-state index contributed by atoms with van der Waals surface area (Å²) in [5.74, 6) is -1.80. The maximum absolute atomic E-state index is 16.9. The molecule has 5 aromatic heterocycles. The van der Waals surface area contributed by atoms with Crippen LogP contribution in [0.4, 0.5) is 10.2 Å². The van der Waals surface area contributed by atoms with Gasteiger partial charge >= 0.3 is 5.97 Å². The van der Waals surface area contributed by atoms with Crippen molar-refractivity contribution in [1.29, 1.82) is 0 Å². The first-order valence-electron chi connectivity index (χ1n) is 17.9. The zero-order valence-electron chi connectivity index (χ0n) is 30.3. The van der Waals surface area contributed by atoms with E-state index in [1.165, 1.54) is 17.5 Å². The first kappa shape index (κ1) is 36.7. The Hall–Kier alpha value is -6.30. The van der Waals surface area contributed by atoms with Gasteiger partial charge < -0.3 is 15.0 Å². The van der Waals surface area contributed by atoms with Gasteiger partial charge in [-0.2, -0.15) is 0 Å². The van der Waals surface area contributed by atoms with Crippen LogP contribution in [0.2, 0.25) is 5.15 Å². The number of thiophene rings is 1. The van der Waals surface area contributed by atoms with E-state index in [2.05, 4.69) is 51.3 Å². The molecule has 0 radical (unpaired) electrons. The van der Waals surface area contributed by atoms with Gasteiger partial charge in [0.25, 0.3) is 0 Å². The summed E-state index contributed by atoms with van der Waals surface area (Å²) in [5.41, 5.74) is 3.02. The molecule has 12 heteroatoms. The fourth-order valence-corrected chi connectivity index (χ4v) is 8.17. The van der Waals surface area contributed by atoms with Gasteiger partial charge in [-0.1, -0.05) is 129 Å². The van der Waals surface area contributed by atoms with Crippen molar-refractivity contribution in [3.63, 3.8) is 0 Å². The number of aromatic nitrogens is 6. The standard InChI is InChI=1S/C44H35ClFN7O2S/c1-43(2,33-22-12-13-23-47-33)34(25-36(54)55)49-41-37(46)39(32-21-14-24-56-32)51-40(52-41)31-27-53(42-38(31)50-35(45)26-48-42)44(28-15-6-3-7-16-28,29-17-8-4-9-18-29)30-19-10-5-11-20-30/h3-24,26-27,34H,25H2,1-2H3,(H,54,55)(H,49,51,52). The molecule has 0 aliphatic rings. The summed E-state index contributed by atoms with van der Waals surface area (Å²) in [5, 5.41) is 15.3. The summed E-state index contributed by atoms with van der Waals surface area (Å²) in [6.07, 6.45) is 4.71. The van der Waals surface area contributed by atoms with Crippen LogP contribution >= 0.6 is 22.9 Å². The van der Waals surface area contributed by atoms with Gasteiger partial charge in [0.15, 0.2) is 23.1 Å². The number of carboxylic acids is 1. The number of carbonyl (C=O) groups is 1. The third-order valence-electron chi connectivity index (χ3n) is 10.1. The fraction of sp³-hybridized carbons (Fsp3) is 0.136. The smallest absolute Gasteiger partial charge is 0.305 e. The normalized spacial score (nSPS) is 12.4. The Bertz CT molecular complexity index is 2530. The minimum Gasteiger partial charge on any atom is -0.481 e. The van der Waals surface area contributed by atoms with E-state index in [9.17, 15) is 9.90 Å². The average molecular weight is 780 g/mol. The third-order valence-corrected chi connectivity index (χ3v) is 11.2. The average Bonchev–Trinajstić information content (AvgIpc) is 3.89. The number of pyridine rings is 1. The first-order valence-corrected chi connectivity index (χ1v) is 19.2. The van der Waals surface area contributed by atoms with Gasteiger partial charge in [-0.25, -0.2) is 24.3 Å². The number of carboxylic acid groups (broad SMARTS) is 1. The maximum Gasteiger partial charge on any atom is 0.305 e. The number of hydrogen-bond acceptors (Lipinski definition) is 8. The van der Waals surface area contributed by atoms with E-state index >= 15 is 4.39 Å². The van der Waals surface area contributed by atoms with Crippen molar-refractivity contribution in [2.75, 3.05) is 5.32 Å². The molecule has 56 heavy (non-hydrogen) atoms. The van der Waals surface area contributed by atoms with Crippen LogP contribution in [0.5, 0.6) is 0 Å². The molecule has 0 saturated carbocycles. The molecule has 2 N–H and O–H groups in total. The minimum absolute atomic E-state index is 0.0496. The number of nitrogens with one attached hydrogen (secondary N) is 1. The second-order valence-electron chi connectivity index (χ2n) is 13.9. The molecule has 0 saturated heterocycles. The van der Waals surface area contributed by atoms with Gasteiger partial charge in [0.05, 0.1) is 23.1 Å². The number of fused-ring (bicyclic) bond motifs is 1. The van der Waals surface area contributed by atoms with Crippen molar-refractivity contribution in [2.24, 2.45) is 0 Å². The lowest BCUT2D eigenvalue weighted by atomic mass is 9.76. The maximum atomic E-state index is 16.9. The molecule has 9 nitrogen and oxygen atoms in total. The predicted molar refractivity (Wildman–Crippen MR) is 218 cm³/mol. The SMILES string of the molecule is CC(C)(c1ccccn1)C(CC(=O)O)Nc1nc(-c2cn(C(c3ccccc3)(c3ccccc3)c3ccccc3)c3ncc(Cl)nc23)nc(-c2cccs2)c1F. The number of benzene rings is 3. The molecule has 0 aliphatic carbocycles. The second-order valence-corrected chi connectivity index (χ2v) is 15.2. The Kier molecular flexibility index (Phi) is 9.88. The number of hydrogen-bond donors (Lipinski definition) is 2. The molecular weight excluding hydrogens is 745 g/mol. The summed E-state index contributed by atoms with van der Waals surface area (Å²) >= 11 is 7.92. The lowest BCUT2D eigenvalue weighted by Gasteiger charge is -2.38. The molecule has 3 aromatic carbocycles. The number of anilines is 1. The molecule has 1 atom stereocenters. The zero-order chi connectivity index (χ0) is 38.9. The van der Waals surface area contributed by atoms with Crippen LogP contribution < -0.4 is 5.32 Å². The lowest BCUT2D eigenvalue weighted by molar-refractivity contribution is -0.137. The zero-order valence-corrected chi connectivity index (χ0v) is 31.9. The van der Waals surface area contributed by atoms with E-state index in [1.807, 2.05) is 98.2 Å². The summed E-state index contributed by atoms with van der Waals surface area (Å²) in [6, 6.07) is 38.6. The Balaban J connectivity index is 1.41. The molecule has 5 heterocycles. The Morgan fingerprint density at radius 2 is 1.46 bits per heavy atom. The molecule has 1 unspecified atom stereocenters. The third kappa shape index (κ3) is 6.58. The second kappa shape index (κ2) is 15.1. The monoisotopic (exact) mass is 779 g/mol. The molecule has 0 spiro atoms. The van der Waals surface area contributed by atoms with Gasteiger partial charge in [0.1, 0.15) is 21.9 Å². The van der Waals surface area contributed by atoms with Gasteiger partial charge in [-0.15, -0.1) is 11.3 Å². The number of rotatable bonds is 12. The van der Waals surface area contributed by atoms with Crippen LogP contribution in [-0.2, 0) is 15.7 Å². The molecule has 0 fully saturated rings. The van der Waals surface area contributed by atoms with Crippen molar-refractivity contribution < 1.29 is 14.3 Å². The van der Waals surface area contributed by atoms with Crippen molar-refractivity contribution >= 4 is 45.9 Å². The Morgan fingerprint density at radius 1 is 0.839 bits per heavy atom. The van der Waals surface area contributed by atoms with Gasteiger partial charge in [0.2, 0.25) is 0 Å². The van der Waals surface area contributed by atoms with Gasteiger partial charge in [-0.05, 0) is 40.3 Å². The van der Waals surface area contributed by atoms with Crippen molar-refractivity contribution in [3.8, 4) is 22.0 Å². The molecular formula is C44H35ClFN7O2S. The topological polar surface area (TPSA) is 119 Å². The summed E-state index contributed by atoms with van der Waals surface area (Å²) in [7, 11) is 0. The highest BCUT2D eigenvalue weighted by Gasteiger charge is 2.41. The van der Waals surface area contributed by atoms with Crippen molar-refractivity contribution in [1.82, 2.24) is 29.5 Å². The molecule has 0 bridgehead atoms. The predicted octanol–water partition coefficient (Wildman–Crippen LogP) is 9.88. The van der Waals surface area contributed by atoms with E-state index in [-0.39, 0.29) is 28.9 Å². The largest absolute Gasteiger partial charge is 0.481 e. The number of aliphatic carboxylic acids is 1. The minimum atomic E-state index is -1.06. The van der Waals surface area contributed by atoms with Crippen LogP contribution in [0.15, 0.2) is 145 Å². The fourth-order valence-electron chi connectivity index (χ4n) is 7.33. The molecule has 278 valence electrons. The van der Waals surface area contributed by atoms with E-state index < -0.39 is 28.8 Å². The Morgan fingerprint density at radius 3 is 2.02 bits per heavy atom. The van der Waals surface area contributed by atoms with Crippen LogP contribution in [0.1, 0.15) is 42.7 Å². The number of nitrogens with zero attached hydrogens (tertiary/aromatic N) is 6. The number of halogens is 2. The van der Waals surface area contributed by atoms with Crippen LogP contribution in [-0.4, -0.2) is 46.6 Å². The molecule has 0 aliphatic heterocycles. The van der Waals surface area contributed by atoms with Crippen molar-refractivity contribution in [3.05, 3.63) is 179 Å². The van der Waals surface area contributed by atoms with Crippen LogP contribution in [0.25, 0.3) is 33.1 Å². The first-order chi connectivity index (χ1) is 27.2. The van der Waals surface area contributed by atoms with Crippen molar-refractivity contribution in [2.45, 2.75) is 37.3 Å². The highest BCUT2D eigenvalue weighted by atomic mass is 35.5. The lowest BCUT2D eigenvalue weighted by Crippen LogP contribution is -2.42. The quantitative estimate of drug-likeness (QED) is 0.118. The van der Waals surface area contributed by atoms with E-state index in [0.717, 1.165) is 16.7 Å². The molecule has 8 aromatic rings. The highest BCUT2D eigenvalue weighted by molar-refractivity contribution is 7.13. The molecule has 0 amide bonds. The summed E-state index contributed by atoms with van der Waals surface area (Å²) in [6.45, 7) is 3.75. The Labute approximate surface area is 331 Å². The molecule has 8 rings (SSSR count). The van der Waals surface area contributed by atoms with E-state index in [1.54, 1.807) is 18.3 Å². The van der Waals surface area contributed by atoms with E-state index in [0.29, 0.717) is 27.3 Å². The van der Waals surface area contributed by atoms with Crippen LogP contribution in [0, 0.1) is 5.82 Å². The van der Waals surface area contributed by atoms with Gasteiger partial charge in [0, 0.05) is 29.5 Å². The summed E-state index contributed by atoms with van der Waals surface area (Å²) < 4.78 is 18.9. The van der Waals surface area contributed by atoms with Gasteiger partial charge in [-0.3, -0.25) is 9.78 Å². The highest BCUT2D eigenvalue weighted by Crippen LogP contribution is 2.45. The van der Waals surface area contributed by atoms with Crippen LogP contribution in [0.3, 0.4) is 0 Å².